The van der Waals surface area contributed by atoms with Crippen LogP contribution in [0.25, 0.3) is 11.2 Å². The number of fused-ring (bicyclic) bond motifs is 1. The molecule has 3 rings (SSSR count). The lowest BCUT2D eigenvalue weighted by molar-refractivity contribution is 0.0600. The first-order valence-electron chi connectivity index (χ1n) is 6.22. The number of carbonyl (C=O) groups is 1. The molecule has 106 valence electrons. The van der Waals surface area contributed by atoms with Gasteiger partial charge in [0.05, 0.1) is 19.0 Å². The van der Waals surface area contributed by atoms with Gasteiger partial charge in [-0.05, 0) is 17.7 Å². The minimum Gasteiger partial charge on any atom is -0.465 e. The Kier molecular flexibility index (Phi) is 3.83. The molecule has 0 fully saturated rings. The van der Waals surface area contributed by atoms with Crippen LogP contribution < -0.4 is 0 Å². The first-order valence-corrected chi connectivity index (χ1v) is 7.20. The van der Waals surface area contributed by atoms with Crippen molar-refractivity contribution in [3.8, 4) is 0 Å². The molecule has 0 radical (unpaired) electrons. The van der Waals surface area contributed by atoms with Crippen LogP contribution in [0.1, 0.15) is 15.9 Å². The summed E-state index contributed by atoms with van der Waals surface area (Å²) in [4.78, 5) is 26.8. The second-order valence-electron chi connectivity index (χ2n) is 4.26. The molecule has 0 amide bonds. The first kappa shape index (κ1) is 13.6. The fraction of sp³-hybridized carbons (Fsp3) is 0.143. The summed E-state index contributed by atoms with van der Waals surface area (Å²) < 4.78 is 4.67. The van der Waals surface area contributed by atoms with Gasteiger partial charge in [-0.2, -0.15) is 0 Å². The number of aromatic amines is 1. The second kappa shape index (κ2) is 5.92. The third-order valence-electron chi connectivity index (χ3n) is 2.94. The Balaban J connectivity index is 1.73. The van der Waals surface area contributed by atoms with Crippen LogP contribution in [0.5, 0.6) is 0 Å². The summed E-state index contributed by atoms with van der Waals surface area (Å²) in [6.45, 7) is 0. The van der Waals surface area contributed by atoms with Gasteiger partial charge in [-0.1, -0.05) is 23.9 Å². The zero-order chi connectivity index (χ0) is 14.7. The molecule has 1 aromatic carbocycles. The molecule has 0 aliphatic heterocycles. The van der Waals surface area contributed by atoms with E-state index in [1.807, 2.05) is 12.1 Å². The third-order valence-corrected chi connectivity index (χ3v) is 4.00. The highest BCUT2D eigenvalue weighted by molar-refractivity contribution is 7.98. The second-order valence-corrected chi connectivity index (χ2v) is 5.22. The third kappa shape index (κ3) is 2.87. The molecule has 1 N–H and O–H groups in total. The van der Waals surface area contributed by atoms with Gasteiger partial charge in [0.15, 0.2) is 5.65 Å². The van der Waals surface area contributed by atoms with Crippen LogP contribution >= 0.6 is 11.8 Å². The maximum Gasteiger partial charge on any atom is 0.337 e. The molecular weight excluding hydrogens is 288 g/mol. The van der Waals surface area contributed by atoms with Gasteiger partial charge >= 0.3 is 5.97 Å². The largest absolute Gasteiger partial charge is 0.465 e. The predicted molar refractivity (Wildman–Crippen MR) is 79.0 cm³/mol. The fourth-order valence-corrected chi connectivity index (χ4v) is 2.77. The van der Waals surface area contributed by atoms with E-state index in [0.717, 1.165) is 21.9 Å². The molecule has 6 nitrogen and oxygen atoms in total. The van der Waals surface area contributed by atoms with Crippen molar-refractivity contribution in [2.45, 2.75) is 10.8 Å². The van der Waals surface area contributed by atoms with Crippen molar-refractivity contribution in [3.05, 3.63) is 48.0 Å². The van der Waals surface area contributed by atoms with Crippen LogP contribution in [0, 0.1) is 0 Å². The van der Waals surface area contributed by atoms with Crippen LogP contribution in [0.2, 0.25) is 0 Å². The van der Waals surface area contributed by atoms with Gasteiger partial charge in [-0.3, -0.25) is 0 Å². The number of H-pyrrole nitrogens is 1. The summed E-state index contributed by atoms with van der Waals surface area (Å²) in [5, 5.41) is 0.856. The summed E-state index contributed by atoms with van der Waals surface area (Å²) in [7, 11) is 1.37. The van der Waals surface area contributed by atoms with Crippen LogP contribution in [0.3, 0.4) is 0 Å². The molecule has 2 aromatic heterocycles. The van der Waals surface area contributed by atoms with Crippen molar-refractivity contribution < 1.29 is 9.53 Å². The normalized spacial score (nSPS) is 10.7. The summed E-state index contributed by atoms with van der Waals surface area (Å²) in [5.74, 6) is 0.413. The zero-order valence-electron chi connectivity index (χ0n) is 11.2. The number of methoxy groups -OCH3 is 1. The van der Waals surface area contributed by atoms with Gasteiger partial charge in [-0.15, -0.1) is 0 Å². The van der Waals surface area contributed by atoms with Gasteiger partial charge in [0.2, 0.25) is 0 Å². The van der Waals surface area contributed by atoms with Gasteiger partial charge in [0.1, 0.15) is 16.9 Å². The summed E-state index contributed by atoms with van der Waals surface area (Å²) in [5.41, 5.74) is 3.14. The molecule has 0 aliphatic carbocycles. The minimum absolute atomic E-state index is 0.329. The number of thioether (sulfide) groups is 1. The van der Waals surface area contributed by atoms with E-state index in [1.165, 1.54) is 13.4 Å². The lowest BCUT2D eigenvalue weighted by atomic mass is 10.1. The molecule has 0 unspecified atom stereocenters. The Morgan fingerprint density at radius 3 is 2.81 bits per heavy atom. The first-order chi connectivity index (χ1) is 10.3. The smallest absolute Gasteiger partial charge is 0.337 e. The maximum atomic E-state index is 11.4. The number of carbonyl (C=O) groups excluding carboxylic acids is 1. The van der Waals surface area contributed by atoms with Crippen LogP contribution in [0.4, 0.5) is 0 Å². The highest BCUT2D eigenvalue weighted by atomic mass is 32.2. The molecule has 0 aliphatic rings. The van der Waals surface area contributed by atoms with Crippen molar-refractivity contribution in [1.29, 1.82) is 0 Å². The summed E-state index contributed by atoms with van der Waals surface area (Å²) in [6, 6.07) is 7.33. The number of rotatable bonds is 4. The van der Waals surface area contributed by atoms with E-state index < -0.39 is 0 Å². The SMILES string of the molecule is COC(=O)c1ccc(CSc2ncnc3nc[nH]c23)cc1. The number of nitrogens with zero attached hydrogens (tertiary/aromatic N) is 3. The van der Waals surface area contributed by atoms with Crippen LogP contribution in [-0.4, -0.2) is 33.0 Å². The van der Waals surface area contributed by atoms with E-state index in [4.69, 9.17) is 0 Å². The zero-order valence-corrected chi connectivity index (χ0v) is 12.1. The fourth-order valence-electron chi connectivity index (χ4n) is 1.86. The Morgan fingerprint density at radius 1 is 1.24 bits per heavy atom. The topological polar surface area (TPSA) is 80.8 Å². The van der Waals surface area contributed by atoms with Gasteiger partial charge < -0.3 is 9.72 Å². The number of aromatic nitrogens is 4. The van der Waals surface area contributed by atoms with Gasteiger partial charge in [0, 0.05) is 5.75 Å². The number of nitrogens with one attached hydrogen (secondary N) is 1. The Labute approximate surface area is 125 Å². The van der Waals surface area contributed by atoms with Crippen LogP contribution in [0.15, 0.2) is 41.9 Å². The number of hydrogen-bond acceptors (Lipinski definition) is 6. The van der Waals surface area contributed by atoms with Crippen LogP contribution in [-0.2, 0) is 10.5 Å². The molecule has 0 spiro atoms. The van der Waals surface area contributed by atoms with Crippen molar-refractivity contribution >= 4 is 28.9 Å². The number of imidazole rings is 1. The summed E-state index contributed by atoms with van der Waals surface area (Å²) >= 11 is 1.59. The molecule has 0 atom stereocenters. The number of benzene rings is 1. The van der Waals surface area contributed by atoms with E-state index in [2.05, 4.69) is 24.7 Å². The van der Waals surface area contributed by atoms with Gasteiger partial charge in [0.25, 0.3) is 0 Å². The predicted octanol–water partition coefficient (Wildman–Crippen LogP) is 2.43. The quantitative estimate of drug-likeness (QED) is 0.453. The lowest BCUT2D eigenvalue weighted by Crippen LogP contribution is -2.00. The number of hydrogen-bond donors (Lipinski definition) is 1. The van der Waals surface area contributed by atoms with E-state index in [0.29, 0.717) is 11.2 Å². The van der Waals surface area contributed by atoms with Crippen molar-refractivity contribution in [2.24, 2.45) is 0 Å². The summed E-state index contributed by atoms with van der Waals surface area (Å²) in [6.07, 6.45) is 3.11. The minimum atomic E-state index is -0.329. The van der Waals surface area contributed by atoms with E-state index in [1.54, 1.807) is 30.2 Å². The molecule has 0 saturated heterocycles. The highest BCUT2D eigenvalue weighted by Crippen LogP contribution is 2.25. The van der Waals surface area contributed by atoms with Crippen molar-refractivity contribution in [3.63, 3.8) is 0 Å². The molecular formula is C14H12N4O2S. The Morgan fingerprint density at radius 2 is 2.05 bits per heavy atom. The van der Waals surface area contributed by atoms with Crippen molar-refractivity contribution in [1.82, 2.24) is 19.9 Å². The average molecular weight is 300 g/mol. The van der Waals surface area contributed by atoms with Crippen molar-refractivity contribution in [2.75, 3.05) is 7.11 Å². The molecule has 2 heterocycles. The standard InChI is InChI=1S/C14H12N4O2S/c1-20-14(19)10-4-2-9(3-5-10)6-21-13-11-12(16-7-15-11)17-8-18-13/h2-5,7-8H,6H2,1H3,(H,15,16,17,18). The van der Waals surface area contributed by atoms with Gasteiger partial charge in [-0.25, -0.2) is 19.7 Å². The lowest BCUT2D eigenvalue weighted by Gasteiger charge is -2.03. The molecule has 21 heavy (non-hydrogen) atoms. The Hall–Kier alpha value is -2.41. The number of ether oxygens (including phenoxy) is 1. The average Bonchev–Trinajstić information content (AvgIpc) is 3.02. The maximum absolute atomic E-state index is 11.4. The molecule has 7 heteroatoms. The number of esters is 1. The molecule has 3 aromatic rings. The van der Waals surface area contributed by atoms with E-state index in [9.17, 15) is 4.79 Å². The molecule has 0 bridgehead atoms. The molecule has 0 saturated carbocycles. The van der Waals surface area contributed by atoms with E-state index in [-0.39, 0.29) is 5.97 Å². The Bertz CT molecular complexity index is 770. The van der Waals surface area contributed by atoms with E-state index >= 15 is 0 Å². The highest BCUT2D eigenvalue weighted by Gasteiger charge is 2.08. The monoisotopic (exact) mass is 300 g/mol.